The Morgan fingerprint density at radius 2 is 2.33 bits per heavy atom. The van der Waals surface area contributed by atoms with Crippen molar-refractivity contribution in [1.82, 2.24) is 4.98 Å². The van der Waals surface area contributed by atoms with Gasteiger partial charge >= 0.3 is 11.7 Å². The molecule has 0 aliphatic heterocycles. The van der Waals surface area contributed by atoms with Crippen molar-refractivity contribution in [2.24, 2.45) is 0 Å². The van der Waals surface area contributed by atoms with Crippen molar-refractivity contribution < 1.29 is 14.8 Å². The van der Waals surface area contributed by atoms with Gasteiger partial charge in [0, 0.05) is 23.6 Å². The van der Waals surface area contributed by atoms with Crippen LogP contribution in [0.5, 0.6) is 0 Å². The van der Waals surface area contributed by atoms with Gasteiger partial charge < -0.3 is 10.4 Å². The first kappa shape index (κ1) is 15.6. The minimum absolute atomic E-state index is 0.137. The third-order valence-corrected chi connectivity index (χ3v) is 4.71. The number of carboxylic acids is 1. The number of hydrogen-bond donors (Lipinski definition) is 2. The molecule has 21 heavy (non-hydrogen) atoms. The highest BCUT2D eigenvalue weighted by atomic mass is 32.2. The number of rotatable bonds is 5. The van der Waals surface area contributed by atoms with Gasteiger partial charge in [-0.15, -0.1) is 0 Å². The number of nitrogens with zero attached hydrogens (tertiary/aromatic N) is 2. The van der Waals surface area contributed by atoms with Gasteiger partial charge in [0.05, 0.1) is 10.5 Å². The molecule has 114 valence electrons. The molecule has 0 saturated heterocycles. The van der Waals surface area contributed by atoms with Crippen molar-refractivity contribution in [2.45, 2.75) is 37.0 Å². The number of thioether (sulfide) groups is 1. The highest BCUT2D eigenvalue weighted by molar-refractivity contribution is 7.99. The van der Waals surface area contributed by atoms with Crippen LogP contribution in [0.4, 0.5) is 11.5 Å². The fourth-order valence-electron chi connectivity index (χ4n) is 2.50. The van der Waals surface area contributed by atoms with Gasteiger partial charge in [0.2, 0.25) is 5.82 Å². The average Bonchev–Trinajstić information content (AvgIpc) is 2.47. The van der Waals surface area contributed by atoms with Gasteiger partial charge in [0.15, 0.2) is 0 Å². The predicted molar refractivity (Wildman–Crippen MR) is 81.0 cm³/mol. The molecule has 1 saturated carbocycles. The predicted octanol–water partition coefficient (Wildman–Crippen LogP) is 2.77. The maximum atomic E-state index is 11.1. The van der Waals surface area contributed by atoms with Gasteiger partial charge in [-0.3, -0.25) is 10.1 Å². The molecule has 2 N–H and O–H groups in total. The topological polar surface area (TPSA) is 105 Å². The number of hydrogen-bond acceptors (Lipinski definition) is 6. The molecule has 7 nitrogen and oxygen atoms in total. The highest BCUT2D eigenvalue weighted by Crippen LogP contribution is 2.31. The molecule has 1 aromatic heterocycles. The van der Waals surface area contributed by atoms with E-state index in [2.05, 4.69) is 16.6 Å². The molecule has 0 bridgehead atoms. The second-order valence-electron chi connectivity index (χ2n) is 5.02. The summed E-state index contributed by atoms with van der Waals surface area (Å²) < 4.78 is 0. The van der Waals surface area contributed by atoms with Crippen molar-refractivity contribution in [1.29, 1.82) is 0 Å². The Labute approximate surface area is 126 Å². The first-order chi connectivity index (χ1) is 10.0. The van der Waals surface area contributed by atoms with Crippen molar-refractivity contribution in [2.75, 3.05) is 11.6 Å². The van der Waals surface area contributed by atoms with Gasteiger partial charge in [-0.2, -0.15) is 11.8 Å². The van der Waals surface area contributed by atoms with E-state index in [1.807, 2.05) is 0 Å². The number of carbonyl (C=O) groups is 1. The van der Waals surface area contributed by atoms with Crippen molar-refractivity contribution in [3.63, 3.8) is 0 Å². The Balaban J connectivity index is 2.19. The molecule has 0 radical (unpaired) electrons. The van der Waals surface area contributed by atoms with Crippen molar-refractivity contribution in [3.05, 3.63) is 27.9 Å². The Morgan fingerprint density at radius 1 is 1.57 bits per heavy atom. The van der Waals surface area contributed by atoms with E-state index < -0.39 is 10.9 Å². The maximum absolute atomic E-state index is 11.1. The lowest BCUT2D eigenvalue weighted by Crippen LogP contribution is -2.29. The van der Waals surface area contributed by atoms with Gasteiger partial charge in [0.25, 0.3) is 0 Å². The van der Waals surface area contributed by atoms with Crippen LogP contribution in [-0.4, -0.2) is 38.5 Å². The molecule has 1 aliphatic carbocycles. The smallest absolute Gasteiger partial charge is 0.337 e. The summed E-state index contributed by atoms with van der Waals surface area (Å²) in [7, 11) is 0. The van der Waals surface area contributed by atoms with Gasteiger partial charge in [-0.1, -0.05) is 6.42 Å². The summed E-state index contributed by atoms with van der Waals surface area (Å²) in [6.45, 7) is 0. The quantitative estimate of drug-likeness (QED) is 0.636. The van der Waals surface area contributed by atoms with Gasteiger partial charge in [0.1, 0.15) is 0 Å². The monoisotopic (exact) mass is 311 g/mol. The van der Waals surface area contributed by atoms with Gasteiger partial charge in [-0.05, 0) is 25.5 Å². The molecule has 2 rings (SSSR count). The maximum Gasteiger partial charge on any atom is 0.337 e. The average molecular weight is 311 g/mol. The van der Waals surface area contributed by atoms with Crippen LogP contribution in [0.25, 0.3) is 0 Å². The molecule has 1 aliphatic rings. The summed E-state index contributed by atoms with van der Waals surface area (Å²) in [5.41, 5.74) is -0.473. The Bertz CT molecular complexity index is 552. The summed E-state index contributed by atoms with van der Waals surface area (Å²) in [4.78, 5) is 25.3. The summed E-state index contributed by atoms with van der Waals surface area (Å²) in [6, 6.07) is 1.19. The lowest BCUT2D eigenvalue weighted by atomic mass is 9.95. The Hall–Kier alpha value is -1.83. The number of anilines is 1. The fourth-order valence-corrected chi connectivity index (χ4v) is 3.33. The Morgan fingerprint density at radius 3 is 2.95 bits per heavy atom. The van der Waals surface area contributed by atoms with E-state index >= 15 is 0 Å². The zero-order chi connectivity index (χ0) is 15.4. The third-order valence-electron chi connectivity index (χ3n) is 3.61. The summed E-state index contributed by atoms with van der Waals surface area (Å²) >= 11 is 1.80. The summed E-state index contributed by atoms with van der Waals surface area (Å²) in [5.74, 6) is -1.07. The molecule has 1 aromatic rings. The van der Waals surface area contributed by atoms with Crippen LogP contribution in [0.3, 0.4) is 0 Å². The summed E-state index contributed by atoms with van der Waals surface area (Å²) in [5, 5.41) is 23.6. The van der Waals surface area contributed by atoms with Crippen molar-refractivity contribution >= 4 is 29.2 Å². The van der Waals surface area contributed by atoms with Crippen LogP contribution < -0.4 is 5.32 Å². The molecule has 1 fully saturated rings. The molecule has 2 unspecified atom stereocenters. The van der Waals surface area contributed by atoms with Crippen LogP contribution in [0.2, 0.25) is 0 Å². The molecule has 0 spiro atoms. The number of aromatic nitrogens is 1. The zero-order valence-corrected chi connectivity index (χ0v) is 12.4. The van der Waals surface area contributed by atoms with Gasteiger partial charge in [-0.25, -0.2) is 9.78 Å². The standard InChI is InChI=1S/C13H17N3O4S/c1-21-10-4-2-3-9(6-10)15-12-11(16(19)20)5-8(7-14-12)13(17)18/h5,7,9-10H,2-4,6H2,1H3,(H,14,15)(H,17,18). The van der Waals surface area contributed by atoms with E-state index in [1.165, 1.54) is 0 Å². The molecule has 8 heteroatoms. The van der Waals surface area contributed by atoms with Crippen LogP contribution in [0.1, 0.15) is 36.0 Å². The molecule has 0 amide bonds. The molecule has 2 atom stereocenters. The normalized spacial score (nSPS) is 21.8. The molecule has 1 heterocycles. The zero-order valence-electron chi connectivity index (χ0n) is 11.6. The van der Waals surface area contributed by atoms with Crippen LogP contribution in [-0.2, 0) is 0 Å². The van der Waals surface area contributed by atoms with E-state index in [-0.39, 0.29) is 23.1 Å². The fraction of sp³-hybridized carbons (Fsp3) is 0.538. The number of nitrogens with one attached hydrogen (secondary N) is 1. The molecular formula is C13H17N3O4S. The second kappa shape index (κ2) is 6.75. The van der Waals surface area contributed by atoms with E-state index in [1.54, 1.807) is 11.8 Å². The molecule has 0 aromatic carbocycles. The third kappa shape index (κ3) is 3.84. The van der Waals surface area contributed by atoms with Crippen molar-refractivity contribution in [3.8, 4) is 0 Å². The minimum Gasteiger partial charge on any atom is -0.478 e. The van der Waals surface area contributed by atoms with Crippen LogP contribution >= 0.6 is 11.8 Å². The SMILES string of the molecule is CSC1CCCC(Nc2ncc(C(=O)O)cc2[N+](=O)[O-])C1. The first-order valence-electron chi connectivity index (χ1n) is 6.68. The van der Waals surface area contributed by atoms with Crippen LogP contribution in [0.15, 0.2) is 12.3 Å². The minimum atomic E-state index is -1.22. The largest absolute Gasteiger partial charge is 0.478 e. The number of carboxylic acid groups (broad SMARTS) is 1. The summed E-state index contributed by atoms with van der Waals surface area (Å²) in [6.07, 6.45) is 7.32. The highest BCUT2D eigenvalue weighted by Gasteiger charge is 2.25. The second-order valence-corrected chi connectivity index (χ2v) is 6.16. The number of nitro groups is 1. The molecular weight excluding hydrogens is 294 g/mol. The lowest BCUT2D eigenvalue weighted by Gasteiger charge is -2.28. The Kier molecular flexibility index (Phi) is 5.00. The number of aromatic carboxylic acids is 1. The first-order valence-corrected chi connectivity index (χ1v) is 7.97. The number of pyridine rings is 1. The lowest BCUT2D eigenvalue weighted by molar-refractivity contribution is -0.384. The van der Waals surface area contributed by atoms with E-state index in [9.17, 15) is 14.9 Å². The van der Waals surface area contributed by atoms with E-state index in [0.29, 0.717) is 5.25 Å². The van der Waals surface area contributed by atoms with Crippen LogP contribution in [0, 0.1) is 10.1 Å². The van der Waals surface area contributed by atoms with E-state index in [4.69, 9.17) is 5.11 Å². The van der Waals surface area contributed by atoms with E-state index in [0.717, 1.165) is 37.9 Å².